The van der Waals surface area contributed by atoms with Crippen LogP contribution in [0.2, 0.25) is 5.02 Å². The molecule has 0 unspecified atom stereocenters. The normalized spacial score (nSPS) is 20.4. The van der Waals surface area contributed by atoms with E-state index in [0.29, 0.717) is 23.1 Å². The fourth-order valence-corrected chi connectivity index (χ4v) is 5.27. The van der Waals surface area contributed by atoms with Crippen molar-refractivity contribution in [1.29, 1.82) is 0 Å². The molecule has 1 fully saturated rings. The highest BCUT2D eigenvalue weighted by molar-refractivity contribution is 7.92. The Labute approximate surface area is 159 Å². The molecule has 0 radical (unpaired) electrons. The van der Waals surface area contributed by atoms with Gasteiger partial charge in [0.05, 0.1) is 0 Å². The minimum absolute atomic E-state index is 0.101. The van der Waals surface area contributed by atoms with Gasteiger partial charge in [0.2, 0.25) is 0 Å². The first-order valence-corrected chi connectivity index (χ1v) is 10.7. The van der Waals surface area contributed by atoms with Crippen LogP contribution >= 0.6 is 11.6 Å². The van der Waals surface area contributed by atoms with Gasteiger partial charge >= 0.3 is 0 Å². The Kier molecular flexibility index (Phi) is 4.82. The van der Waals surface area contributed by atoms with E-state index in [4.69, 9.17) is 16.3 Å². The van der Waals surface area contributed by atoms with Crippen molar-refractivity contribution in [1.82, 2.24) is 4.90 Å². The lowest BCUT2D eigenvalue weighted by molar-refractivity contribution is 0.139. The van der Waals surface area contributed by atoms with Gasteiger partial charge in [0.15, 0.2) is 0 Å². The highest BCUT2D eigenvalue weighted by atomic mass is 35.5. The van der Waals surface area contributed by atoms with Crippen LogP contribution in [-0.4, -0.2) is 39.1 Å². The number of sulfonamides is 1. The molecule has 0 saturated carbocycles. The molecule has 1 N–H and O–H groups in total. The summed E-state index contributed by atoms with van der Waals surface area (Å²) in [4.78, 5) is 2.52. The molecule has 2 aromatic carbocycles. The van der Waals surface area contributed by atoms with Crippen LogP contribution in [0.4, 0.5) is 5.69 Å². The summed E-state index contributed by atoms with van der Waals surface area (Å²) in [6.45, 7) is 2.65. The number of benzene rings is 2. The Balaban J connectivity index is 1.66. The number of hydrogen-bond donors (Lipinski definition) is 1. The van der Waals surface area contributed by atoms with Crippen molar-refractivity contribution in [2.75, 3.05) is 24.4 Å². The Morgan fingerprint density at radius 2 is 1.85 bits per heavy atom. The molecule has 1 saturated heterocycles. The summed E-state index contributed by atoms with van der Waals surface area (Å²) in [5.41, 5.74) is 1.36. The smallest absolute Gasteiger partial charge is 0.265 e. The van der Waals surface area contributed by atoms with Crippen molar-refractivity contribution in [3.63, 3.8) is 0 Å². The van der Waals surface area contributed by atoms with Crippen molar-refractivity contribution in [2.24, 2.45) is 0 Å². The Bertz CT molecular complexity index is 897. The maximum absolute atomic E-state index is 12.9. The van der Waals surface area contributed by atoms with Gasteiger partial charge < -0.3 is 4.74 Å². The second kappa shape index (κ2) is 7.10. The van der Waals surface area contributed by atoms with Crippen LogP contribution < -0.4 is 9.46 Å². The van der Waals surface area contributed by atoms with Crippen molar-refractivity contribution < 1.29 is 13.2 Å². The summed E-state index contributed by atoms with van der Waals surface area (Å²) in [5.74, 6) is 0.424. The molecule has 138 valence electrons. The predicted molar refractivity (Wildman–Crippen MR) is 102 cm³/mol. The molecule has 0 spiro atoms. The predicted octanol–water partition coefficient (Wildman–Crippen LogP) is 3.54. The molecule has 2 heterocycles. The molecule has 0 amide bonds. The maximum atomic E-state index is 12.9. The summed E-state index contributed by atoms with van der Waals surface area (Å²) in [7, 11) is -3.79. The number of hydrogen-bond acceptors (Lipinski definition) is 4. The summed E-state index contributed by atoms with van der Waals surface area (Å²) >= 11 is 6.24. The lowest BCUT2D eigenvalue weighted by atomic mass is 10.0. The van der Waals surface area contributed by atoms with Crippen LogP contribution in [0.15, 0.2) is 47.4 Å². The van der Waals surface area contributed by atoms with E-state index < -0.39 is 10.0 Å². The van der Waals surface area contributed by atoms with E-state index in [1.165, 1.54) is 18.9 Å². The molecule has 7 heteroatoms. The van der Waals surface area contributed by atoms with Gasteiger partial charge in [-0.1, -0.05) is 29.8 Å². The third kappa shape index (κ3) is 3.54. The van der Waals surface area contributed by atoms with E-state index in [-0.39, 0.29) is 10.9 Å². The SMILES string of the molecule is O=S(=O)(Nc1ccccc1)c1cc(Cl)cc2c1OC[C@H](N1CCCC1)C2. The monoisotopic (exact) mass is 392 g/mol. The minimum Gasteiger partial charge on any atom is -0.490 e. The number of halogens is 1. The number of likely N-dealkylation sites (tertiary alicyclic amines) is 1. The Hall–Kier alpha value is -1.76. The lowest BCUT2D eigenvalue weighted by Crippen LogP contribution is -2.41. The van der Waals surface area contributed by atoms with Gasteiger partial charge in [-0.05, 0) is 62.2 Å². The summed E-state index contributed by atoms with van der Waals surface area (Å²) in [5, 5.41) is 0.405. The lowest BCUT2D eigenvalue weighted by Gasteiger charge is -2.33. The number of anilines is 1. The summed E-state index contributed by atoms with van der Waals surface area (Å²) in [6.07, 6.45) is 3.17. The van der Waals surface area contributed by atoms with Gasteiger partial charge in [0, 0.05) is 16.8 Å². The van der Waals surface area contributed by atoms with Crippen LogP contribution in [0, 0.1) is 0 Å². The first kappa shape index (κ1) is 17.6. The zero-order valence-corrected chi connectivity index (χ0v) is 15.9. The Morgan fingerprint density at radius 1 is 1.12 bits per heavy atom. The number of nitrogens with one attached hydrogen (secondary N) is 1. The van der Waals surface area contributed by atoms with Gasteiger partial charge in [-0.2, -0.15) is 0 Å². The van der Waals surface area contributed by atoms with Crippen molar-refractivity contribution in [3.05, 3.63) is 53.1 Å². The van der Waals surface area contributed by atoms with Crippen LogP contribution in [0.5, 0.6) is 5.75 Å². The van der Waals surface area contributed by atoms with Gasteiger partial charge in [0.1, 0.15) is 17.3 Å². The molecule has 0 bridgehead atoms. The number of rotatable bonds is 4. The third-order valence-corrected chi connectivity index (χ3v) is 6.55. The van der Waals surface area contributed by atoms with Crippen LogP contribution in [0.3, 0.4) is 0 Å². The van der Waals surface area contributed by atoms with E-state index >= 15 is 0 Å². The summed E-state index contributed by atoms with van der Waals surface area (Å²) in [6, 6.07) is 12.4. The molecular formula is C19H21ClN2O3S. The molecule has 0 aliphatic carbocycles. The second-order valence-corrected chi connectivity index (χ2v) is 8.86. The number of ether oxygens (including phenoxy) is 1. The van der Waals surface area contributed by atoms with Gasteiger partial charge in [-0.3, -0.25) is 9.62 Å². The first-order chi connectivity index (χ1) is 12.5. The van der Waals surface area contributed by atoms with Gasteiger partial charge in [-0.15, -0.1) is 0 Å². The van der Waals surface area contributed by atoms with Gasteiger partial charge in [0.25, 0.3) is 10.0 Å². The largest absolute Gasteiger partial charge is 0.490 e. The van der Waals surface area contributed by atoms with Crippen molar-refractivity contribution in [3.8, 4) is 5.75 Å². The number of nitrogens with zero attached hydrogens (tertiary/aromatic N) is 1. The molecule has 1 atom stereocenters. The fraction of sp³-hybridized carbons (Fsp3) is 0.368. The standard InChI is InChI=1S/C19H21ClN2O3S/c20-15-10-14-11-17(22-8-4-5-9-22)13-25-19(14)18(12-15)26(23,24)21-16-6-2-1-3-7-16/h1-3,6-7,10,12,17,21H,4-5,8-9,11,13H2/t17-/m1/s1. The zero-order chi connectivity index (χ0) is 18.1. The average molecular weight is 393 g/mol. The van der Waals surface area contributed by atoms with Crippen LogP contribution in [0.25, 0.3) is 0 Å². The second-order valence-electron chi connectivity index (χ2n) is 6.78. The van der Waals surface area contributed by atoms with E-state index in [1.54, 1.807) is 24.3 Å². The molecule has 5 nitrogen and oxygen atoms in total. The summed E-state index contributed by atoms with van der Waals surface area (Å²) < 4.78 is 34.3. The quantitative estimate of drug-likeness (QED) is 0.864. The molecule has 26 heavy (non-hydrogen) atoms. The zero-order valence-electron chi connectivity index (χ0n) is 14.3. The third-order valence-electron chi connectivity index (χ3n) is 4.94. The number of para-hydroxylation sites is 1. The average Bonchev–Trinajstić information content (AvgIpc) is 3.15. The minimum atomic E-state index is -3.79. The maximum Gasteiger partial charge on any atom is 0.265 e. The Morgan fingerprint density at radius 3 is 2.58 bits per heavy atom. The highest BCUT2D eigenvalue weighted by Gasteiger charge is 2.32. The fourth-order valence-electron chi connectivity index (χ4n) is 3.69. The molecule has 0 aromatic heterocycles. The molecule has 4 rings (SSSR count). The van der Waals surface area contributed by atoms with Crippen molar-refractivity contribution in [2.45, 2.75) is 30.2 Å². The first-order valence-electron chi connectivity index (χ1n) is 8.80. The highest BCUT2D eigenvalue weighted by Crippen LogP contribution is 2.37. The van der Waals surface area contributed by atoms with Crippen LogP contribution in [-0.2, 0) is 16.4 Å². The molecular weight excluding hydrogens is 372 g/mol. The van der Waals surface area contributed by atoms with Crippen molar-refractivity contribution >= 4 is 27.3 Å². The number of fused-ring (bicyclic) bond motifs is 1. The molecule has 2 aromatic rings. The van der Waals surface area contributed by atoms with E-state index in [2.05, 4.69) is 9.62 Å². The molecule has 2 aliphatic heterocycles. The molecule has 2 aliphatic rings. The van der Waals surface area contributed by atoms with Gasteiger partial charge in [-0.25, -0.2) is 8.42 Å². The van der Waals surface area contributed by atoms with E-state index in [9.17, 15) is 8.42 Å². The van der Waals surface area contributed by atoms with E-state index in [0.717, 1.165) is 25.1 Å². The van der Waals surface area contributed by atoms with E-state index in [1.807, 2.05) is 12.1 Å². The topological polar surface area (TPSA) is 58.6 Å². The van der Waals surface area contributed by atoms with Crippen LogP contribution in [0.1, 0.15) is 18.4 Å².